The zero-order chi connectivity index (χ0) is 13.9. The molecule has 1 saturated carbocycles. The Bertz CT molecular complexity index is 599. The van der Waals surface area contributed by atoms with E-state index in [4.69, 9.17) is 9.15 Å². The summed E-state index contributed by atoms with van der Waals surface area (Å²) < 4.78 is 10.1. The summed E-state index contributed by atoms with van der Waals surface area (Å²) in [6.07, 6.45) is 1.09. The molecule has 0 spiro atoms. The number of ether oxygens (including phenoxy) is 1. The first-order valence-electron chi connectivity index (χ1n) is 6.50. The summed E-state index contributed by atoms with van der Waals surface area (Å²) in [5, 5.41) is 8.44. The lowest BCUT2D eigenvalue weighted by Gasteiger charge is -1.97. The number of hydrogen-bond donors (Lipinski definition) is 0. The van der Waals surface area contributed by atoms with Crippen LogP contribution in [0.4, 0.5) is 0 Å². The minimum Gasteiger partial charge on any atom is -0.459 e. The van der Waals surface area contributed by atoms with Crippen LogP contribution in [0.5, 0.6) is 0 Å². The standard InChI is InChI=1S/C14H14N2O3S/c1-2-18-13(17)12-15-16-14(19-12)20-11-8-10(11)9-6-4-3-5-7-9/h3-7,10-11H,2,8H2,1H3. The van der Waals surface area contributed by atoms with E-state index in [1.54, 1.807) is 6.92 Å². The van der Waals surface area contributed by atoms with E-state index in [9.17, 15) is 4.79 Å². The third kappa shape index (κ3) is 2.85. The van der Waals surface area contributed by atoms with Crippen LogP contribution in [0.25, 0.3) is 0 Å². The van der Waals surface area contributed by atoms with E-state index in [2.05, 4.69) is 22.3 Å². The molecule has 0 aliphatic heterocycles. The second-order valence-corrected chi connectivity index (χ2v) is 5.69. The number of nitrogens with zero attached hydrogens (tertiary/aromatic N) is 2. The Kier molecular flexibility index (Phi) is 3.73. The van der Waals surface area contributed by atoms with E-state index in [1.165, 1.54) is 17.3 Å². The molecule has 104 valence electrons. The first-order valence-corrected chi connectivity index (χ1v) is 7.38. The summed E-state index contributed by atoms with van der Waals surface area (Å²) in [7, 11) is 0. The van der Waals surface area contributed by atoms with Crippen LogP contribution in [0.2, 0.25) is 0 Å². The highest BCUT2D eigenvalue weighted by Gasteiger charge is 2.40. The Morgan fingerprint density at radius 3 is 2.95 bits per heavy atom. The smallest absolute Gasteiger partial charge is 0.396 e. The van der Waals surface area contributed by atoms with Gasteiger partial charge >= 0.3 is 11.9 Å². The van der Waals surface area contributed by atoms with E-state index >= 15 is 0 Å². The Morgan fingerprint density at radius 1 is 1.40 bits per heavy atom. The van der Waals surface area contributed by atoms with E-state index in [1.807, 2.05) is 18.2 Å². The van der Waals surface area contributed by atoms with Gasteiger partial charge in [0.1, 0.15) is 0 Å². The molecule has 1 aliphatic carbocycles. The number of benzene rings is 1. The molecule has 1 aliphatic rings. The second-order valence-electron chi connectivity index (χ2n) is 4.50. The fourth-order valence-corrected chi connectivity index (χ4v) is 3.11. The van der Waals surface area contributed by atoms with Crippen molar-refractivity contribution < 1.29 is 13.9 Å². The van der Waals surface area contributed by atoms with Crippen molar-refractivity contribution in [1.82, 2.24) is 10.2 Å². The number of aromatic nitrogens is 2. The summed E-state index contributed by atoms with van der Waals surface area (Å²) in [4.78, 5) is 11.4. The van der Waals surface area contributed by atoms with Crippen molar-refractivity contribution in [1.29, 1.82) is 0 Å². The molecule has 0 saturated heterocycles. The van der Waals surface area contributed by atoms with Gasteiger partial charge in [0.2, 0.25) is 0 Å². The maximum atomic E-state index is 11.4. The molecular weight excluding hydrogens is 276 g/mol. The first kappa shape index (κ1) is 13.2. The van der Waals surface area contributed by atoms with Crippen molar-refractivity contribution in [2.75, 3.05) is 6.61 Å². The van der Waals surface area contributed by atoms with E-state index in [0.29, 0.717) is 23.0 Å². The third-order valence-electron chi connectivity index (χ3n) is 3.07. The zero-order valence-electron chi connectivity index (χ0n) is 11.0. The van der Waals surface area contributed by atoms with Crippen molar-refractivity contribution >= 4 is 17.7 Å². The van der Waals surface area contributed by atoms with Crippen LogP contribution in [-0.2, 0) is 4.74 Å². The molecule has 1 aromatic carbocycles. The molecule has 20 heavy (non-hydrogen) atoms. The molecule has 1 heterocycles. The monoisotopic (exact) mass is 290 g/mol. The van der Waals surface area contributed by atoms with Crippen LogP contribution in [-0.4, -0.2) is 28.0 Å². The highest BCUT2D eigenvalue weighted by molar-refractivity contribution is 8.00. The molecule has 0 N–H and O–H groups in total. The molecule has 1 fully saturated rings. The largest absolute Gasteiger partial charge is 0.459 e. The molecule has 0 bridgehead atoms. The molecule has 3 rings (SSSR count). The van der Waals surface area contributed by atoms with Crippen LogP contribution in [0, 0.1) is 0 Å². The van der Waals surface area contributed by atoms with Gasteiger partial charge in [-0.2, -0.15) is 0 Å². The Balaban J connectivity index is 1.59. The first-order chi connectivity index (χ1) is 9.78. The highest BCUT2D eigenvalue weighted by atomic mass is 32.2. The lowest BCUT2D eigenvalue weighted by molar-refractivity contribution is 0.0475. The normalized spacial score (nSPS) is 20.6. The van der Waals surface area contributed by atoms with Crippen molar-refractivity contribution in [3.05, 3.63) is 41.8 Å². The van der Waals surface area contributed by atoms with Crippen LogP contribution in [0.15, 0.2) is 40.0 Å². The molecule has 5 nitrogen and oxygen atoms in total. The predicted octanol–water partition coefficient (Wildman–Crippen LogP) is 2.89. The van der Waals surface area contributed by atoms with E-state index in [-0.39, 0.29) is 5.89 Å². The van der Waals surface area contributed by atoms with Gasteiger partial charge in [0.05, 0.1) is 6.61 Å². The molecule has 0 amide bonds. The fraction of sp³-hybridized carbons (Fsp3) is 0.357. The van der Waals surface area contributed by atoms with Gasteiger partial charge in [-0.3, -0.25) is 0 Å². The third-order valence-corrected chi connectivity index (χ3v) is 4.26. The van der Waals surface area contributed by atoms with Crippen LogP contribution < -0.4 is 0 Å². The Labute approximate surface area is 120 Å². The van der Waals surface area contributed by atoms with Crippen LogP contribution >= 0.6 is 11.8 Å². The lowest BCUT2D eigenvalue weighted by Crippen LogP contribution is -2.04. The summed E-state index contributed by atoms with van der Waals surface area (Å²) in [6, 6.07) is 10.4. The van der Waals surface area contributed by atoms with Crippen LogP contribution in [0.1, 0.15) is 35.5 Å². The lowest BCUT2D eigenvalue weighted by atomic mass is 10.1. The fourth-order valence-electron chi connectivity index (χ4n) is 2.02. The zero-order valence-corrected chi connectivity index (χ0v) is 11.8. The average molecular weight is 290 g/mol. The summed E-state index contributed by atoms with van der Waals surface area (Å²) in [5.74, 6) is -0.118. The van der Waals surface area contributed by atoms with Gasteiger partial charge < -0.3 is 9.15 Å². The number of rotatable bonds is 5. The van der Waals surface area contributed by atoms with E-state index in [0.717, 1.165) is 6.42 Å². The predicted molar refractivity (Wildman–Crippen MR) is 73.7 cm³/mol. The quantitative estimate of drug-likeness (QED) is 0.789. The number of carbonyl (C=O) groups is 1. The molecule has 2 aromatic rings. The average Bonchev–Trinajstić information content (AvgIpc) is 3.07. The number of hydrogen-bond acceptors (Lipinski definition) is 6. The highest BCUT2D eigenvalue weighted by Crippen LogP contribution is 2.51. The van der Waals surface area contributed by atoms with Gasteiger partial charge in [-0.15, -0.1) is 5.10 Å². The Morgan fingerprint density at radius 2 is 2.20 bits per heavy atom. The van der Waals surface area contributed by atoms with Gasteiger partial charge in [0.25, 0.3) is 5.22 Å². The minimum absolute atomic E-state index is 0.0775. The number of thioether (sulfide) groups is 1. The second kappa shape index (κ2) is 5.66. The topological polar surface area (TPSA) is 65.2 Å². The Hall–Kier alpha value is -1.82. The van der Waals surface area contributed by atoms with Crippen molar-refractivity contribution in [2.45, 2.75) is 29.7 Å². The maximum absolute atomic E-state index is 11.4. The van der Waals surface area contributed by atoms with Gasteiger partial charge in [0.15, 0.2) is 0 Å². The molecule has 6 heteroatoms. The molecular formula is C14H14N2O3S. The van der Waals surface area contributed by atoms with Gasteiger partial charge in [-0.25, -0.2) is 4.79 Å². The van der Waals surface area contributed by atoms with E-state index < -0.39 is 5.97 Å². The van der Waals surface area contributed by atoms with Crippen molar-refractivity contribution in [3.8, 4) is 0 Å². The van der Waals surface area contributed by atoms with Crippen LogP contribution in [0.3, 0.4) is 0 Å². The van der Waals surface area contributed by atoms with Gasteiger partial charge in [-0.05, 0) is 24.8 Å². The molecule has 1 aromatic heterocycles. The van der Waals surface area contributed by atoms with Crippen molar-refractivity contribution in [2.24, 2.45) is 0 Å². The van der Waals surface area contributed by atoms with Gasteiger partial charge in [0, 0.05) is 5.25 Å². The molecule has 0 radical (unpaired) electrons. The summed E-state index contributed by atoms with van der Waals surface area (Å²) in [5.41, 5.74) is 1.33. The molecule has 2 unspecified atom stereocenters. The minimum atomic E-state index is -0.567. The summed E-state index contributed by atoms with van der Waals surface area (Å²) >= 11 is 1.52. The SMILES string of the molecule is CCOC(=O)c1nnc(SC2CC2c2ccccc2)o1. The summed E-state index contributed by atoms with van der Waals surface area (Å²) in [6.45, 7) is 2.03. The maximum Gasteiger partial charge on any atom is 0.396 e. The molecule has 2 atom stereocenters. The number of esters is 1. The van der Waals surface area contributed by atoms with Crippen molar-refractivity contribution in [3.63, 3.8) is 0 Å². The number of carbonyl (C=O) groups excluding carboxylic acids is 1. The van der Waals surface area contributed by atoms with Gasteiger partial charge in [-0.1, -0.05) is 47.2 Å².